The molecule has 0 bridgehead atoms. The lowest BCUT2D eigenvalue weighted by atomic mass is 10.2. The van der Waals surface area contributed by atoms with Gasteiger partial charge in [0.05, 0.1) is 4.90 Å². The van der Waals surface area contributed by atoms with Gasteiger partial charge < -0.3 is 10.2 Å². The number of halogens is 2. The van der Waals surface area contributed by atoms with Crippen molar-refractivity contribution in [1.29, 1.82) is 0 Å². The second kappa shape index (κ2) is 7.71. The first-order chi connectivity index (χ1) is 12.8. The fraction of sp³-hybridized carbons (Fsp3) is 0.278. The quantitative estimate of drug-likeness (QED) is 0.861. The van der Waals surface area contributed by atoms with Crippen LogP contribution in [0.5, 0.6) is 0 Å². The highest BCUT2D eigenvalue weighted by atomic mass is 32.2. The lowest BCUT2D eigenvalue weighted by Gasteiger charge is -2.31. The number of piperazine rings is 1. The number of carbonyl (C=O) groups is 1. The minimum absolute atomic E-state index is 0.105. The van der Waals surface area contributed by atoms with Gasteiger partial charge in [-0.15, -0.1) is 0 Å². The highest BCUT2D eigenvalue weighted by molar-refractivity contribution is 7.89. The number of amides is 1. The van der Waals surface area contributed by atoms with Crippen LogP contribution in [0.2, 0.25) is 0 Å². The van der Waals surface area contributed by atoms with Crippen molar-refractivity contribution in [3.63, 3.8) is 0 Å². The minimum Gasteiger partial charge on any atom is -0.322 e. The fourth-order valence-corrected chi connectivity index (χ4v) is 4.16. The maximum absolute atomic E-state index is 13.2. The summed E-state index contributed by atoms with van der Waals surface area (Å²) in [5.41, 5.74) is 0.310. The topological polar surface area (TPSA) is 69.7 Å². The number of rotatable bonds is 4. The Labute approximate surface area is 156 Å². The number of nitrogens with zero attached hydrogens (tertiary/aromatic N) is 2. The molecule has 0 unspecified atom stereocenters. The summed E-state index contributed by atoms with van der Waals surface area (Å²) in [6.07, 6.45) is 0. The van der Waals surface area contributed by atoms with Gasteiger partial charge >= 0.3 is 0 Å². The Morgan fingerprint density at radius 3 is 2.19 bits per heavy atom. The van der Waals surface area contributed by atoms with Gasteiger partial charge in [0.15, 0.2) is 11.6 Å². The van der Waals surface area contributed by atoms with Crippen molar-refractivity contribution in [2.24, 2.45) is 0 Å². The van der Waals surface area contributed by atoms with E-state index < -0.39 is 27.6 Å². The van der Waals surface area contributed by atoms with Gasteiger partial charge in [0.1, 0.15) is 0 Å². The summed E-state index contributed by atoms with van der Waals surface area (Å²) < 4.78 is 52.9. The molecule has 1 saturated heterocycles. The number of hydrogen-bond acceptors (Lipinski definition) is 4. The summed E-state index contributed by atoms with van der Waals surface area (Å²) in [6.45, 7) is 2.15. The van der Waals surface area contributed by atoms with E-state index in [9.17, 15) is 22.0 Å². The first-order valence-corrected chi connectivity index (χ1v) is 9.76. The van der Waals surface area contributed by atoms with Crippen LogP contribution < -0.4 is 5.32 Å². The van der Waals surface area contributed by atoms with E-state index in [1.807, 2.05) is 7.05 Å². The number of likely N-dealkylation sites (N-methyl/N-ethyl adjacent to an activating group) is 1. The normalized spacial score (nSPS) is 16.3. The van der Waals surface area contributed by atoms with Crippen LogP contribution in [0.1, 0.15) is 10.4 Å². The van der Waals surface area contributed by atoms with Crippen LogP contribution in [0.15, 0.2) is 47.4 Å². The van der Waals surface area contributed by atoms with Crippen LogP contribution in [-0.4, -0.2) is 56.8 Å². The number of carbonyl (C=O) groups excluding carboxylic acids is 1. The molecule has 6 nitrogen and oxygen atoms in total. The van der Waals surface area contributed by atoms with E-state index in [1.54, 1.807) is 0 Å². The van der Waals surface area contributed by atoms with Crippen molar-refractivity contribution >= 4 is 21.6 Å². The van der Waals surface area contributed by atoms with Crippen molar-refractivity contribution in [2.75, 3.05) is 38.5 Å². The number of sulfonamides is 1. The Hall–Kier alpha value is -2.36. The van der Waals surface area contributed by atoms with Crippen LogP contribution in [0.3, 0.4) is 0 Å². The average Bonchev–Trinajstić information content (AvgIpc) is 2.65. The minimum atomic E-state index is -3.61. The third kappa shape index (κ3) is 4.32. The Morgan fingerprint density at radius 2 is 1.59 bits per heavy atom. The summed E-state index contributed by atoms with van der Waals surface area (Å²) in [5, 5.41) is 2.44. The van der Waals surface area contributed by atoms with E-state index in [2.05, 4.69) is 10.2 Å². The van der Waals surface area contributed by atoms with E-state index in [4.69, 9.17) is 0 Å². The van der Waals surface area contributed by atoms with Crippen molar-refractivity contribution in [3.05, 3.63) is 59.7 Å². The van der Waals surface area contributed by atoms with Gasteiger partial charge in [0.25, 0.3) is 5.91 Å². The van der Waals surface area contributed by atoms with Gasteiger partial charge in [-0.1, -0.05) is 0 Å². The highest BCUT2D eigenvalue weighted by Crippen LogP contribution is 2.19. The molecule has 0 aliphatic carbocycles. The van der Waals surface area contributed by atoms with Crippen LogP contribution >= 0.6 is 0 Å². The smallest absolute Gasteiger partial charge is 0.255 e. The maximum atomic E-state index is 13.2. The Balaban J connectivity index is 1.72. The SMILES string of the molecule is CN1CCN(S(=O)(=O)c2ccc(C(=O)Nc3ccc(F)c(F)c3)cc2)CC1. The number of anilines is 1. The second-order valence-corrected chi connectivity index (χ2v) is 8.25. The third-order valence-corrected chi connectivity index (χ3v) is 6.31. The van der Waals surface area contributed by atoms with Crippen LogP contribution in [0.25, 0.3) is 0 Å². The lowest BCUT2D eigenvalue weighted by molar-refractivity contribution is 0.102. The zero-order chi connectivity index (χ0) is 19.6. The van der Waals surface area contributed by atoms with Crippen LogP contribution in [-0.2, 0) is 10.0 Å². The van der Waals surface area contributed by atoms with Gasteiger partial charge in [-0.2, -0.15) is 4.31 Å². The Morgan fingerprint density at radius 1 is 0.963 bits per heavy atom. The molecule has 9 heteroatoms. The maximum Gasteiger partial charge on any atom is 0.255 e. The number of hydrogen-bond donors (Lipinski definition) is 1. The van der Waals surface area contributed by atoms with E-state index in [0.717, 1.165) is 12.1 Å². The number of benzene rings is 2. The second-order valence-electron chi connectivity index (χ2n) is 6.31. The van der Waals surface area contributed by atoms with Gasteiger partial charge in [0.2, 0.25) is 10.0 Å². The Bertz CT molecular complexity index is 941. The monoisotopic (exact) mass is 395 g/mol. The molecule has 1 fully saturated rings. The van der Waals surface area contributed by atoms with Crippen molar-refractivity contribution in [3.8, 4) is 0 Å². The van der Waals surface area contributed by atoms with Crippen LogP contribution in [0.4, 0.5) is 14.5 Å². The molecule has 2 aromatic carbocycles. The molecule has 1 aliphatic heterocycles. The molecule has 27 heavy (non-hydrogen) atoms. The van der Waals surface area contributed by atoms with E-state index in [0.29, 0.717) is 26.2 Å². The molecule has 144 valence electrons. The summed E-state index contributed by atoms with van der Waals surface area (Å²) in [7, 11) is -1.68. The van der Waals surface area contributed by atoms with E-state index in [1.165, 1.54) is 34.6 Å². The summed E-state index contributed by atoms with van der Waals surface area (Å²) in [4.78, 5) is 14.4. The standard InChI is InChI=1S/C18H19F2N3O3S/c1-22-8-10-23(11-9-22)27(25,26)15-5-2-13(3-6-15)18(24)21-14-4-7-16(19)17(20)12-14/h2-7,12H,8-11H2,1H3,(H,21,24). The molecule has 0 aromatic heterocycles. The van der Waals surface area contributed by atoms with E-state index >= 15 is 0 Å². The van der Waals surface area contributed by atoms with Gasteiger partial charge in [0, 0.05) is 43.5 Å². The molecular weight excluding hydrogens is 376 g/mol. The average molecular weight is 395 g/mol. The predicted octanol–water partition coefficient (Wildman–Crippen LogP) is 2.15. The summed E-state index contributed by atoms with van der Waals surface area (Å²) in [6, 6.07) is 8.54. The van der Waals surface area contributed by atoms with E-state index in [-0.39, 0.29) is 16.1 Å². The molecular formula is C18H19F2N3O3S. The molecule has 0 spiro atoms. The molecule has 2 aromatic rings. The van der Waals surface area contributed by atoms with Gasteiger partial charge in [-0.05, 0) is 43.4 Å². The molecule has 3 rings (SSSR count). The molecule has 1 aliphatic rings. The molecule has 0 atom stereocenters. The molecule has 1 N–H and O–H groups in total. The molecule has 0 saturated carbocycles. The molecule has 0 radical (unpaired) electrons. The first-order valence-electron chi connectivity index (χ1n) is 8.32. The lowest BCUT2D eigenvalue weighted by Crippen LogP contribution is -2.47. The van der Waals surface area contributed by atoms with Crippen molar-refractivity contribution in [2.45, 2.75) is 4.90 Å². The Kier molecular flexibility index (Phi) is 5.54. The predicted molar refractivity (Wildman–Crippen MR) is 97.0 cm³/mol. The van der Waals surface area contributed by atoms with Crippen LogP contribution in [0, 0.1) is 11.6 Å². The zero-order valence-corrected chi connectivity index (χ0v) is 15.5. The number of nitrogens with one attached hydrogen (secondary N) is 1. The summed E-state index contributed by atoms with van der Waals surface area (Å²) >= 11 is 0. The first kappa shape index (κ1) is 19.4. The van der Waals surface area contributed by atoms with Gasteiger partial charge in [-0.25, -0.2) is 17.2 Å². The zero-order valence-electron chi connectivity index (χ0n) is 14.7. The molecule has 1 heterocycles. The molecule has 1 amide bonds. The van der Waals surface area contributed by atoms with Gasteiger partial charge in [-0.3, -0.25) is 4.79 Å². The third-order valence-electron chi connectivity index (χ3n) is 4.39. The largest absolute Gasteiger partial charge is 0.322 e. The van der Waals surface area contributed by atoms with Crippen molar-refractivity contribution < 1.29 is 22.0 Å². The van der Waals surface area contributed by atoms with Crippen molar-refractivity contribution in [1.82, 2.24) is 9.21 Å². The fourth-order valence-electron chi connectivity index (χ4n) is 2.73. The summed E-state index contributed by atoms with van der Waals surface area (Å²) in [5.74, 6) is -2.63. The highest BCUT2D eigenvalue weighted by Gasteiger charge is 2.27.